The number of hydrogen-bond acceptors (Lipinski definition) is 3. The van der Waals surface area contributed by atoms with Crippen LogP contribution >= 0.6 is 0 Å². The van der Waals surface area contributed by atoms with Crippen molar-refractivity contribution >= 4 is 23.2 Å². The van der Waals surface area contributed by atoms with E-state index in [-0.39, 0.29) is 11.8 Å². The van der Waals surface area contributed by atoms with Gasteiger partial charge in [0, 0.05) is 38.4 Å². The second-order valence-corrected chi connectivity index (χ2v) is 9.19. The fraction of sp³-hybridized carbons (Fsp3) is 0.652. The quantitative estimate of drug-likeness (QED) is 0.795. The summed E-state index contributed by atoms with van der Waals surface area (Å²) >= 11 is 0. The average molecular weight is 386 g/mol. The van der Waals surface area contributed by atoms with Gasteiger partial charge in [0.2, 0.25) is 11.8 Å². The molecular weight excluding hydrogens is 350 g/mol. The molecule has 0 aromatic heterocycles. The zero-order valence-electron chi connectivity index (χ0n) is 17.8. The highest BCUT2D eigenvalue weighted by Crippen LogP contribution is 2.39. The number of nitrogens with zero attached hydrogens (tertiary/aromatic N) is 2. The number of nitrogens with one attached hydrogen (secondary N) is 1. The monoisotopic (exact) mass is 385 g/mol. The Labute approximate surface area is 169 Å². The van der Waals surface area contributed by atoms with E-state index in [9.17, 15) is 9.59 Å². The van der Waals surface area contributed by atoms with Gasteiger partial charge in [-0.15, -0.1) is 0 Å². The second kappa shape index (κ2) is 8.54. The molecule has 154 valence electrons. The molecule has 0 spiro atoms. The summed E-state index contributed by atoms with van der Waals surface area (Å²) in [5.41, 5.74) is 1.21. The highest BCUT2D eigenvalue weighted by molar-refractivity contribution is 6.01. The number of anilines is 2. The maximum atomic E-state index is 13.5. The van der Waals surface area contributed by atoms with Crippen LogP contribution in [-0.2, 0) is 9.59 Å². The van der Waals surface area contributed by atoms with E-state index in [0.717, 1.165) is 56.4 Å². The van der Waals surface area contributed by atoms with Gasteiger partial charge < -0.3 is 15.1 Å². The summed E-state index contributed by atoms with van der Waals surface area (Å²) in [6.45, 7) is 5.13. The van der Waals surface area contributed by atoms with Crippen molar-refractivity contribution in [3.63, 3.8) is 0 Å². The first kappa shape index (κ1) is 20.7. The van der Waals surface area contributed by atoms with Gasteiger partial charge in [0.1, 0.15) is 5.54 Å². The van der Waals surface area contributed by atoms with Crippen molar-refractivity contribution in [2.45, 2.75) is 64.3 Å². The van der Waals surface area contributed by atoms with Crippen LogP contribution < -0.4 is 10.2 Å². The number of carbonyl (C=O) groups excluding carboxylic acids is 2. The maximum Gasteiger partial charge on any atom is 0.250 e. The zero-order valence-corrected chi connectivity index (χ0v) is 17.8. The molecule has 28 heavy (non-hydrogen) atoms. The van der Waals surface area contributed by atoms with Gasteiger partial charge in [-0.1, -0.05) is 33.1 Å². The number of benzene rings is 1. The minimum Gasteiger partial charge on any atom is -0.378 e. The summed E-state index contributed by atoms with van der Waals surface area (Å²) in [6, 6.07) is 7.89. The Morgan fingerprint density at radius 2 is 1.82 bits per heavy atom. The highest BCUT2D eigenvalue weighted by Gasteiger charge is 2.50. The van der Waals surface area contributed by atoms with Crippen LogP contribution in [0.1, 0.15) is 58.8 Å². The molecule has 0 radical (unpaired) electrons. The molecular formula is C23H35N3O2. The van der Waals surface area contributed by atoms with Crippen LogP contribution in [0.3, 0.4) is 0 Å². The van der Waals surface area contributed by atoms with E-state index < -0.39 is 5.54 Å². The summed E-state index contributed by atoms with van der Waals surface area (Å²) in [7, 11) is 3.99. The molecule has 1 aromatic carbocycles. The van der Waals surface area contributed by atoms with Crippen LogP contribution in [0.4, 0.5) is 11.4 Å². The van der Waals surface area contributed by atoms with E-state index in [1.165, 1.54) is 0 Å². The largest absolute Gasteiger partial charge is 0.378 e. The Bertz CT molecular complexity index is 690. The van der Waals surface area contributed by atoms with Crippen molar-refractivity contribution in [2.75, 3.05) is 30.9 Å². The molecule has 5 nitrogen and oxygen atoms in total. The lowest BCUT2D eigenvalue weighted by molar-refractivity contribution is -0.144. The number of amides is 2. The number of hydrogen-bond donors (Lipinski definition) is 1. The molecule has 0 bridgehead atoms. The van der Waals surface area contributed by atoms with Gasteiger partial charge in [-0.2, -0.15) is 0 Å². The van der Waals surface area contributed by atoms with Gasteiger partial charge in [-0.3, -0.25) is 9.59 Å². The first-order valence-corrected chi connectivity index (χ1v) is 10.7. The fourth-order valence-corrected chi connectivity index (χ4v) is 4.87. The fourth-order valence-electron chi connectivity index (χ4n) is 4.87. The van der Waals surface area contributed by atoms with Gasteiger partial charge in [0.25, 0.3) is 0 Å². The van der Waals surface area contributed by atoms with Crippen LogP contribution in [0.25, 0.3) is 0 Å². The summed E-state index contributed by atoms with van der Waals surface area (Å²) in [6.07, 6.45) is 6.33. The second-order valence-electron chi connectivity index (χ2n) is 9.19. The predicted molar refractivity (Wildman–Crippen MR) is 114 cm³/mol. The van der Waals surface area contributed by atoms with Crippen molar-refractivity contribution in [3.05, 3.63) is 24.3 Å². The number of rotatable bonds is 6. The Morgan fingerprint density at radius 1 is 1.18 bits per heavy atom. The summed E-state index contributed by atoms with van der Waals surface area (Å²) in [5, 5.41) is 3.12. The molecule has 1 aromatic rings. The third-order valence-electron chi connectivity index (χ3n) is 6.27. The molecule has 1 N–H and O–H groups in total. The van der Waals surface area contributed by atoms with E-state index in [1.54, 1.807) is 0 Å². The molecule has 1 atom stereocenters. The van der Waals surface area contributed by atoms with Crippen molar-refractivity contribution in [2.24, 2.45) is 11.8 Å². The summed E-state index contributed by atoms with van der Waals surface area (Å²) in [5.74, 6) is 1.09. The Kier molecular flexibility index (Phi) is 6.31. The first-order chi connectivity index (χ1) is 13.3. The van der Waals surface area contributed by atoms with Gasteiger partial charge in [-0.05, 0) is 55.4 Å². The maximum absolute atomic E-state index is 13.5. The average Bonchev–Trinajstić information content (AvgIpc) is 3.02. The lowest BCUT2D eigenvalue weighted by Gasteiger charge is -2.43. The third-order valence-corrected chi connectivity index (χ3v) is 6.27. The minimum absolute atomic E-state index is 0.0108. The number of likely N-dealkylation sites (tertiary alicyclic amines) is 1. The molecule has 0 unspecified atom stereocenters. The highest BCUT2D eigenvalue weighted by atomic mass is 16.2. The Hall–Kier alpha value is -2.04. The van der Waals surface area contributed by atoms with E-state index >= 15 is 0 Å². The molecule has 2 fully saturated rings. The third kappa shape index (κ3) is 4.34. The van der Waals surface area contributed by atoms with E-state index in [1.807, 2.05) is 48.2 Å². The van der Waals surface area contributed by atoms with Crippen molar-refractivity contribution in [1.29, 1.82) is 0 Å². The van der Waals surface area contributed by atoms with Gasteiger partial charge >= 0.3 is 0 Å². The van der Waals surface area contributed by atoms with Gasteiger partial charge in [0.15, 0.2) is 0 Å². The van der Waals surface area contributed by atoms with Crippen molar-refractivity contribution < 1.29 is 9.59 Å². The van der Waals surface area contributed by atoms with Crippen LogP contribution in [-0.4, -0.2) is 42.9 Å². The smallest absolute Gasteiger partial charge is 0.250 e. The summed E-state index contributed by atoms with van der Waals surface area (Å²) in [4.78, 5) is 30.3. The number of carbonyl (C=O) groups is 2. The van der Waals surface area contributed by atoms with Crippen molar-refractivity contribution in [1.82, 2.24) is 4.90 Å². The van der Waals surface area contributed by atoms with E-state index in [2.05, 4.69) is 19.2 Å². The molecule has 1 saturated heterocycles. The predicted octanol–water partition coefficient (Wildman–Crippen LogP) is 4.29. The Morgan fingerprint density at radius 3 is 2.39 bits per heavy atom. The topological polar surface area (TPSA) is 52.7 Å². The van der Waals surface area contributed by atoms with Crippen LogP contribution in [0.2, 0.25) is 0 Å². The zero-order chi connectivity index (χ0) is 20.3. The standard InChI is InChI=1S/C23H35N3O2/c1-17(2)14-18-15-21(27)26(16-18)23(12-6-5-7-13-23)22(28)24-19-8-10-20(11-9-19)25(3)4/h8-11,17-18H,5-7,12-16H2,1-4H3,(H,24,28)/t18-/m1/s1. The van der Waals surface area contributed by atoms with Crippen LogP contribution in [0.15, 0.2) is 24.3 Å². The molecule has 2 amide bonds. The molecule has 1 heterocycles. The summed E-state index contributed by atoms with van der Waals surface area (Å²) < 4.78 is 0. The SMILES string of the molecule is CC(C)C[C@@H]1CC(=O)N(C2(C(=O)Nc3ccc(N(C)C)cc3)CCCCC2)C1. The van der Waals surface area contributed by atoms with Crippen LogP contribution in [0.5, 0.6) is 0 Å². The lowest BCUT2D eigenvalue weighted by Crippen LogP contribution is -2.58. The minimum atomic E-state index is -0.679. The van der Waals surface area contributed by atoms with Gasteiger partial charge in [0.05, 0.1) is 0 Å². The van der Waals surface area contributed by atoms with Crippen LogP contribution in [0, 0.1) is 11.8 Å². The first-order valence-electron chi connectivity index (χ1n) is 10.7. The Balaban J connectivity index is 1.79. The molecule has 2 aliphatic rings. The molecule has 1 aliphatic carbocycles. The van der Waals surface area contributed by atoms with E-state index in [0.29, 0.717) is 18.3 Å². The molecule has 5 heteroatoms. The molecule has 1 saturated carbocycles. The normalized spacial score (nSPS) is 21.8. The molecule has 3 rings (SSSR count). The van der Waals surface area contributed by atoms with E-state index in [4.69, 9.17) is 0 Å². The van der Waals surface area contributed by atoms with Gasteiger partial charge in [-0.25, -0.2) is 0 Å². The molecule has 1 aliphatic heterocycles. The van der Waals surface area contributed by atoms with Crippen molar-refractivity contribution in [3.8, 4) is 0 Å². The lowest BCUT2D eigenvalue weighted by atomic mass is 9.79.